The summed E-state index contributed by atoms with van der Waals surface area (Å²) in [6.07, 6.45) is 10.0. The number of hydrogen-bond donors (Lipinski definition) is 7. The highest BCUT2D eigenvalue weighted by molar-refractivity contribution is 6.32. The van der Waals surface area contributed by atoms with E-state index in [0.29, 0.717) is 39.6 Å². The summed E-state index contributed by atoms with van der Waals surface area (Å²) in [4.78, 5) is 40.7. The number of rotatable bonds is 13. The van der Waals surface area contributed by atoms with Gasteiger partial charge in [0.15, 0.2) is 0 Å². The summed E-state index contributed by atoms with van der Waals surface area (Å²) in [5.74, 6) is 5.60. The topological polar surface area (TPSA) is 204 Å². The van der Waals surface area contributed by atoms with Crippen LogP contribution in [0.4, 0.5) is 58.3 Å². The summed E-state index contributed by atoms with van der Waals surface area (Å²) in [5.41, 5.74) is 9.01. The van der Waals surface area contributed by atoms with E-state index in [4.69, 9.17) is 27.9 Å². The predicted molar refractivity (Wildman–Crippen MR) is 347 cm³/mol. The minimum Gasteiger partial charge on any atom is -0.495 e. The monoisotopic (exact) mass is 1160 g/mol. The Balaban J connectivity index is 0.000000178. The van der Waals surface area contributed by atoms with Crippen LogP contribution < -0.4 is 41.5 Å². The zero-order valence-electron chi connectivity index (χ0n) is 51.1. The Kier molecular flexibility index (Phi) is 21.7. The average molecular weight is 1160 g/mol. The van der Waals surface area contributed by atoms with Gasteiger partial charge in [0.1, 0.15) is 23.2 Å². The van der Waals surface area contributed by atoms with Crippen LogP contribution in [0.15, 0.2) is 134 Å². The zero-order valence-corrected chi connectivity index (χ0v) is 52.6. The van der Waals surface area contributed by atoms with Crippen molar-refractivity contribution in [1.82, 2.24) is 44.9 Å². The highest BCUT2D eigenvalue weighted by atomic mass is 35.5. The minimum atomic E-state index is -0.103. The van der Waals surface area contributed by atoms with Gasteiger partial charge in [-0.1, -0.05) is 59.6 Å². The van der Waals surface area contributed by atoms with Crippen LogP contribution in [0.25, 0.3) is 10.9 Å². The van der Waals surface area contributed by atoms with Gasteiger partial charge in [0.2, 0.25) is 23.8 Å². The number of nitrogens with zero attached hydrogens (tertiary/aromatic N) is 9. The Morgan fingerprint density at radius 3 is 1.63 bits per heavy atom. The Morgan fingerprint density at radius 1 is 0.542 bits per heavy atom. The molecule has 19 heteroatoms. The molecule has 438 valence electrons. The molecule has 0 unspecified atom stereocenters. The Bertz CT molecular complexity index is 3510. The molecule has 0 aliphatic rings. The molecule has 0 radical (unpaired) electrons. The Labute approximate surface area is 500 Å². The van der Waals surface area contributed by atoms with E-state index in [9.17, 15) is 0 Å². The van der Waals surface area contributed by atoms with Gasteiger partial charge in [0, 0.05) is 122 Å². The molecule has 5 aromatic heterocycles. The lowest BCUT2D eigenvalue weighted by molar-refractivity contribution is 0.415. The Morgan fingerprint density at radius 2 is 1.07 bits per heavy atom. The van der Waals surface area contributed by atoms with E-state index < -0.39 is 0 Å². The molecule has 9 rings (SSSR count). The van der Waals surface area contributed by atoms with Crippen molar-refractivity contribution in [3.8, 4) is 5.75 Å². The fraction of sp³-hybridized carbons (Fsp3) is 0.344. The molecule has 0 saturated carbocycles. The Hall–Kier alpha value is -8.28. The minimum absolute atomic E-state index is 0.0225. The third-order valence-electron chi connectivity index (χ3n) is 11.6. The van der Waals surface area contributed by atoms with Crippen LogP contribution in [-0.2, 0) is 6.42 Å². The third-order valence-corrected chi connectivity index (χ3v) is 12.1. The second kappa shape index (κ2) is 28.1. The fourth-order valence-corrected chi connectivity index (χ4v) is 8.08. The number of nitrogens with one attached hydrogen (secondary N) is 7. The number of halogens is 2. The predicted octanol–water partition coefficient (Wildman–Crippen LogP) is 16.3. The number of methoxy groups -OCH3 is 1. The second-order valence-corrected chi connectivity index (χ2v) is 24.9. The van der Waals surface area contributed by atoms with E-state index in [1.165, 1.54) is 5.56 Å². The summed E-state index contributed by atoms with van der Waals surface area (Å²) in [6, 6.07) is 33.6. The lowest BCUT2D eigenvalue weighted by Gasteiger charge is -2.24. The van der Waals surface area contributed by atoms with Crippen molar-refractivity contribution >= 4 is 92.4 Å². The van der Waals surface area contributed by atoms with Gasteiger partial charge in [-0.2, -0.15) is 15.0 Å². The highest BCUT2D eigenvalue weighted by Crippen LogP contribution is 2.33. The normalized spacial score (nSPS) is 11.4. The van der Waals surface area contributed by atoms with Crippen LogP contribution in [-0.4, -0.2) is 81.2 Å². The van der Waals surface area contributed by atoms with Crippen molar-refractivity contribution < 1.29 is 4.74 Å². The van der Waals surface area contributed by atoms with E-state index in [-0.39, 0.29) is 22.2 Å². The van der Waals surface area contributed by atoms with Crippen LogP contribution in [0.5, 0.6) is 5.75 Å². The number of hydrogen-bond acceptors (Lipinski definition) is 16. The van der Waals surface area contributed by atoms with Gasteiger partial charge in [0.25, 0.3) is 0 Å². The number of ether oxygens (including phenoxy) is 1. The highest BCUT2D eigenvalue weighted by Gasteiger charge is 2.18. The molecule has 83 heavy (non-hydrogen) atoms. The van der Waals surface area contributed by atoms with Gasteiger partial charge in [-0.3, -0.25) is 0 Å². The van der Waals surface area contributed by atoms with Crippen molar-refractivity contribution in [2.45, 2.75) is 132 Å². The van der Waals surface area contributed by atoms with Crippen LogP contribution in [0, 0.1) is 20.8 Å². The largest absolute Gasteiger partial charge is 0.495 e. The number of H-pyrrole nitrogens is 1. The van der Waals surface area contributed by atoms with E-state index in [0.717, 1.165) is 74.2 Å². The van der Waals surface area contributed by atoms with Crippen molar-refractivity contribution in [3.63, 3.8) is 0 Å². The van der Waals surface area contributed by atoms with Gasteiger partial charge in [-0.15, -0.1) is 0 Å². The van der Waals surface area contributed by atoms with E-state index in [2.05, 4.69) is 190 Å². The zero-order chi connectivity index (χ0) is 60.7. The van der Waals surface area contributed by atoms with Crippen LogP contribution in [0.3, 0.4) is 0 Å². The first-order valence-electron chi connectivity index (χ1n) is 27.4. The molecule has 7 N–H and O–H groups in total. The molecule has 0 atom stereocenters. The van der Waals surface area contributed by atoms with Crippen LogP contribution in [0.2, 0.25) is 10.0 Å². The molecule has 0 fully saturated rings. The van der Waals surface area contributed by atoms with Gasteiger partial charge in [0.05, 0.1) is 17.8 Å². The lowest BCUT2D eigenvalue weighted by Crippen LogP contribution is -2.28. The molecular formula is C64H82Cl2N16O. The number of anilines is 10. The van der Waals surface area contributed by atoms with Crippen molar-refractivity contribution in [3.05, 3.63) is 172 Å². The number of aromatic nitrogens is 9. The first-order valence-corrected chi connectivity index (χ1v) is 28.2. The van der Waals surface area contributed by atoms with Crippen molar-refractivity contribution in [2.24, 2.45) is 0 Å². The number of benzene rings is 4. The quantitative estimate of drug-likeness (QED) is 0.0574. The van der Waals surface area contributed by atoms with E-state index >= 15 is 0 Å². The molecule has 17 nitrogen and oxygen atoms in total. The first-order chi connectivity index (χ1) is 39.0. The molecular weight excluding hydrogens is 1080 g/mol. The summed E-state index contributed by atoms with van der Waals surface area (Å²) < 4.78 is 5.29. The van der Waals surface area contributed by atoms with Gasteiger partial charge in [-0.25, -0.2) is 24.9 Å². The van der Waals surface area contributed by atoms with Gasteiger partial charge >= 0.3 is 0 Å². The number of aryl methyl sites for hydroxylation is 3. The second-order valence-electron chi connectivity index (χ2n) is 24.1. The first kappa shape index (κ1) is 63.9. The molecule has 0 aliphatic heterocycles. The maximum Gasteiger partial charge on any atom is 0.225 e. The lowest BCUT2D eigenvalue weighted by atomic mass is 10.1. The maximum absolute atomic E-state index is 6.10. The molecule has 0 bridgehead atoms. The molecule has 0 spiro atoms. The van der Waals surface area contributed by atoms with Crippen molar-refractivity contribution in [1.29, 1.82) is 0 Å². The molecule has 0 aliphatic carbocycles. The van der Waals surface area contributed by atoms with E-state index in [1.807, 2.05) is 124 Å². The number of aromatic amines is 1. The summed E-state index contributed by atoms with van der Waals surface area (Å²) in [6.45, 7) is 30.9. The van der Waals surface area contributed by atoms with Crippen LogP contribution in [0.1, 0.15) is 111 Å². The molecule has 5 heterocycles. The molecule has 4 aromatic carbocycles. The number of fused-ring (bicyclic) bond motifs is 1. The van der Waals surface area contributed by atoms with Crippen molar-refractivity contribution in [2.75, 3.05) is 51.0 Å². The summed E-state index contributed by atoms with van der Waals surface area (Å²) in [7, 11) is 3.56. The summed E-state index contributed by atoms with van der Waals surface area (Å²) >= 11 is 12.0. The smallest absolute Gasteiger partial charge is 0.225 e. The molecule has 9 aromatic rings. The molecule has 0 saturated heterocycles. The fourth-order valence-electron chi connectivity index (χ4n) is 7.76. The average Bonchev–Trinajstić information content (AvgIpc) is 4.18. The maximum atomic E-state index is 6.10. The third kappa shape index (κ3) is 21.2. The van der Waals surface area contributed by atoms with Gasteiger partial charge < -0.3 is 46.5 Å². The standard InChI is InChI=1S/C17H23ClN4O.C17H21N5.C15H19ClN4.C15H19N3/c1-11-10-19-16(21-17(2,3)4)20-15(11)22(5)12-7-8-13(18)14(9-12)23-6;1-11-10-19-16(22-17(2,3)4)21-15(11)20-14-7-5-6-13-12(14)8-9-18-13;1-10-9-17-14(20-15(2,3)4)19-13(10)18-12-7-5-11(16)6-8-12;1-15(2,3)18-14-16-10-9-13(17-14)11-12-7-5-4-6-8-12/h7-10H,1-6H3,(H,19,20,21);5-10,18H,1-4H3,(H2,19,20,21,22);5-9H,1-4H3,(H2,17,18,19,20);4-10H,11H2,1-3H3,(H,16,17,18). The summed E-state index contributed by atoms with van der Waals surface area (Å²) in [5, 5.41) is 22.3. The van der Waals surface area contributed by atoms with E-state index in [1.54, 1.807) is 19.5 Å². The SMILES string of the molecule is CC(C)(C)Nc1nccc(Cc2ccccc2)n1.COc1cc(N(C)c2nc(NC(C)(C)C)ncc2C)ccc1Cl.Cc1cnc(NC(C)(C)C)nc1Nc1ccc(Cl)cc1.Cc1cnc(NC(C)(C)C)nc1Nc1cccc2[nH]ccc12. The van der Waals surface area contributed by atoms with Crippen LogP contribution >= 0.6 is 23.2 Å². The molecule has 0 amide bonds. The van der Waals surface area contributed by atoms with Gasteiger partial charge in [-0.05, 0) is 170 Å².